The number of hydrogen-bond donors (Lipinski definition) is 0. The van der Waals surface area contributed by atoms with Gasteiger partial charge in [-0.15, -0.1) is 0 Å². The summed E-state index contributed by atoms with van der Waals surface area (Å²) in [7, 11) is 0. The minimum absolute atomic E-state index is 0.361. The first-order valence-electron chi connectivity index (χ1n) is 18.2. The Hall–Kier alpha value is -7.28. The highest BCUT2D eigenvalue weighted by atomic mass is 16.3. The van der Waals surface area contributed by atoms with Crippen LogP contribution in [-0.4, -0.2) is 4.98 Å². The predicted molar refractivity (Wildman–Crippen MR) is 218 cm³/mol. The van der Waals surface area contributed by atoms with Crippen molar-refractivity contribution in [2.75, 3.05) is 0 Å². The minimum Gasteiger partial charge on any atom is -0.436 e. The molecule has 0 bridgehead atoms. The second-order valence-electron chi connectivity index (χ2n) is 14.1. The van der Waals surface area contributed by atoms with Gasteiger partial charge in [0.25, 0.3) is 0 Å². The number of benzene rings is 8. The summed E-state index contributed by atoms with van der Waals surface area (Å²) in [4.78, 5) is 8.38. The fraction of sp³-hybridized carbons (Fsp3) is 0.0196. The third-order valence-electron chi connectivity index (χ3n) is 11.4. The number of hydrogen-bond acceptors (Lipinski definition) is 2. The van der Waals surface area contributed by atoms with Gasteiger partial charge in [0.05, 0.1) is 12.0 Å². The van der Waals surface area contributed by atoms with Crippen molar-refractivity contribution < 1.29 is 4.42 Å². The maximum atomic E-state index is 7.20. The van der Waals surface area contributed by atoms with Gasteiger partial charge in [0, 0.05) is 5.56 Å². The Kier molecular flexibility index (Phi) is 6.53. The Labute approximate surface area is 313 Å². The van der Waals surface area contributed by atoms with Crippen LogP contribution in [0, 0.1) is 6.57 Å². The molecule has 2 aliphatic carbocycles. The minimum atomic E-state index is -0.361. The van der Waals surface area contributed by atoms with Gasteiger partial charge in [-0.25, -0.2) is 9.83 Å². The highest BCUT2D eigenvalue weighted by Crippen LogP contribution is 2.63. The number of fused-ring (bicyclic) bond motifs is 11. The van der Waals surface area contributed by atoms with Crippen LogP contribution in [-0.2, 0) is 5.41 Å². The lowest BCUT2D eigenvalue weighted by molar-refractivity contribution is 0.620. The van der Waals surface area contributed by atoms with E-state index in [1.54, 1.807) is 0 Å². The molecule has 0 saturated heterocycles. The summed E-state index contributed by atoms with van der Waals surface area (Å²) in [5.74, 6) is 0.605. The maximum absolute atomic E-state index is 7.20. The van der Waals surface area contributed by atoms with E-state index in [-0.39, 0.29) is 5.41 Å². The molecule has 0 unspecified atom stereocenters. The third-order valence-corrected chi connectivity index (χ3v) is 11.4. The molecule has 0 saturated carbocycles. The Morgan fingerprint density at radius 1 is 0.426 bits per heavy atom. The van der Waals surface area contributed by atoms with Gasteiger partial charge in [0.2, 0.25) is 5.89 Å². The topological polar surface area (TPSA) is 30.4 Å². The van der Waals surface area contributed by atoms with E-state index in [4.69, 9.17) is 16.0 Å². The average Bonchev–Trinajstić information content (AvgIpc) is 3.91. The summed E-state index contributed by atoms with van der Waals surface area (Å²) >= 11 is 0. The van der Waals surface area contributed by atoms with E-state index in [0.717, 1.165) is 44.5 Å². The van der Waals surface area contributed by atoms with Gasteiger partial charge < -0.3 is 4.42 Å². The van der Waals surface area contributed by atoms with Crippen molar-refractivity contribution in [1.82, 2.24) is 4.98 Å². The third kappa shape index (κ3) is 4.32. The van der Waals surface area contributed by atoms with Crippen molar-refractivity contribution in [3.05, 3.63) is 216 Å². The van der Waals surface area contributed by atoms with E-state index in [1.165, 1.54) is 50.1 Å². The van der Waals surface area contributed by atoms with Crippen LogP contribution in [0.25, 0.3) is 83.0 Å². The Bertz CT molecular complexity index is 2940. The molecule has 0 radical (unpaired) electrons. The highest BCUT2D eigenvalue weighted by molar-refractivity contribution is 6.00. The zero-order chi connectivity index (χ0) is 35.8. The Morgan fingerprint density at radius 3 is 1.56 bits per heavy atom. The van der Waals surface area contributed by atoms with E-state index in [1.807, 2.05) is 30.3 Å². The van der Waals surface area contributed by atoms with E-state index in [0.29, 0.717) is 11.6 Å². The molecule has 1 aromatic heterocycles. The van der Waals surface area contributed by atoms with Gasteiger partial charge in [-0.2, -0.15) is 0 Å². The largest absolute Gasteiger partial charge is 0.436 e. The molecule has 1 spiro atoms. The molecule has 9 aromatic rings. The first-order chi connectivity index (χ1) is 26.7. The molecule has 3 nitrogen and oxygen atoms in total. The molecule has 8 aromatic carbocycles. The summed E-state index contributed by atoms with van der Waals surface area (Å²) in [6.45, 7) is 7.20. The summed E-state index contributed by atoms with van der Waals surface area (Å²) < 4.78 is 6.39. The molecule has 0 fully saturated rings. The van der Waals surface area contributed by atoms with Crippen LogP contribution in [0.15, 0.2) is 186 Å². The maximum Gasteiger partial charge on any atom is 0.227 e. The zero-order valence-corrected chi connectivity index (χ0v) is 29.1. The lowest BCUT2D eigenvalue weighted by Gasteiger charge is -2.30. The van der Waals surface area contributed by atoms with Crippen molar-refractivity contribution in [2.45, 2.75) is 5.41 Å². The number of rotatable bonds is 4. The SMILES string of the molecule is [C-]#[N+]c1ccc(-c2ccc(-c3ccc4nc(-c5ccc(-c6cccc7c6-c6ccccc6C76c7ccccc7-c7ccccc76)cc5)oc4c3)cc2)cc1. The smallest absolute Gasteiger partial charge is 0.227 e. The van der Waals surface area contributed by atoms with E-state index in [9.17, 15) is 0 Å². The normalized spacial score (nSPS) is 12.9. The fourth-order valence-corrected chi connectivity index (χ4v) is 8.99. The van der Waals surface area contributed by atoms with Gasteiger partial charge >= 0.3 is 0 Å². The zero-order valence-electron chi connectivity index (χ0n) is 29.1. The van der Waals surface area contributed by atoms with Crippen LogP contribution < -0.4 is 0 Å². The highest BCUT2D eigenvalue weighted by Gasteiger charge is 2.51. The van der Waals surface area contributed by atoms with Gasteiger partial charge in [-0.1, -0.05) is 158 Å². The summed E-state index contributed by atoms with van der Waals surface area (Å²) in [5.41, 5.74) is 20.2. The number of nitrogens with zero attached hydrogens (tertiary/aromatic N) is 2. The van der Waals surface area contributed by atoms with Gasteiger partial charge in [0.15, 0.2) is 11.3 Å². The molecule has 0 aliphatic heterocycles. The van der Waals surface area contributed by atoms with Crippen LogP contribution in [0.3, 0.4) is 0 Å². The number of oxazole rings is 1. The van der Waals surface area contributed by atoms with Crippen molar-refractivity contribution in [1.29, 1.82) is 0 Å². The van der Waals surface area contributed by atoms with Gasteiger partial charge in [-0.3, -0.25) is 0 Å². The van der Waals surface area contributed by atoms with Gasteiger partial charge in [-0.05, 0) is 102 Å². The lowest BCUT2D eigenvalue weighted by atomic mass is 9.70. The molecule has 1 heterocycles. The summed E-state index contributed by atoms with van der Waals surface area (Å²) in [6.07, 6.45) is 0. The van der Waals surface area contributed by atoms with Crippen LogP contribution >= 0.6 is 0 Å². The predicted octanol–water partition coefficient (Wildman–Crippen LogP) is 13.4. The molecule has 0 atom stereocenters. The molecule has 3 heteroatoms. The van der Waals surface area contributed by atoms with Crippen molar-refractivity contribution >= 4 is 16.8 Å². The quantitative estimate of drug-likeness (QED) is 0.173. The molecule has 0 N–H and O–H groups in total. The average molecular weight is 687 g/mol. The molecule has 11 rings (SSSR count). The summed E-state index contributed by atoms with van der Waals surface area (Å²) in [5, 5.41) is 0. The lowest BCUT2D eigenvalue weighted by Crippen LogP contribution is -2.25. The molecular weight excluding hydrogens is 657 g/mol. The summed E-state index contributed by atoms with van der Waals surface area (Å²) in [6, 6.07) is 64.7. The second-order valence-corrected chi connectivity index (χ2v) is 14.1. The monoisotopic (exact) mass is 686 g/mol. The molecule has 54 heavy (non-hydrogen) atoms. The Morgan fingerprint density at radius 2 is 0.907 bits per heavy atom. The molecule has 2 aliphatic rings. The van der Waals surface area contributed by atoms with Crippen LogP contribution in [0.2, 0.25) is 0 Å². The van der Waals surface area contributed by atoms with Crippen molar-refractivity contribution in [2.24, 2.45) is 0 Å². The first kappa shape index (κ1) is 30.4. The standard InChI is InChI=1S/C51H30N2O/c1-52-38-28-25-33(26-29-38)32-17-19-34(20-18-32)37-27-30-47-48(31-37)54-50(53-47)36-23-21-35(22-24-36)39-12-8-16-46-49(39)42-11-4-7-15-45(42)51(46)43-13-5-2-9-40(43)41-10-3-6-14-44(41)51/h2-31H. The molecular formula is C51H30N2O. The Balaban J connectivity index is 0.945. The van der Waals surface area contributed by atoms with Crippen LogP contribution in [0.4, 0.5) is 5.69 Å². The van der Waals surface area contributed by atoms with E-state index < -0.39 is 0 Å². The van der Waals surface area contributed by atoms with E-state index in [2.05, 4.69) is 157 Å². The second kappa shape index (κ2) is 11.6. The van der Waals surface area contributed by atoms with Crippen LogP contribution in [0.1, 0.15) is 22.3 Å². The first-order valence-corrected chi connectivity index (χ1v) is 18.2. The van der Waals surface area contributed by atoms with Gasteiger partial charge in [0.1, 0.15) is 5.52 Å². The van der Waals surface area contributed by atoms with Crippen LogP contribution in [0.5, 0.6) is 0 Å². The van der Waals surface area contributed by atoms with Crippen molar-refractivity contribution in [3.63, 3.8) is 0 Å². The van der Waals surface area contributed by atoms with Crippen molar-refractivity contribution in [3.8, 4) is 67.1 Å². The fourth-order valence-electron chi connectivity index (χ4n) is 8.99. The number of aromatic nitrogens is 1. The molecule has 0 amide bonds. The van der Waals surface area contributed by atoms with E-state index >= 15 is 0 Å². The molecule has 250 valence electrons.